The minimum Gasteiger partial charge on any atom is -0.347 e. The van der Waals surface area contributed by atoms with Crippen LogP contribution >= 0.6 is 0 Å². The number of rotatable bonds is 6. The van der Waals surface area contributed by atoms with Crippen molar-refractivity contribution in [3.05, 3.63) is 48.3 Å². The molecule has 22 heavy (non-hydrogen) atoms. The van der Waals surface area contributed by atoms with Crippen molar-refractivity contribution in [1.29, 1.82) is 0 Å². The van der Waals surface area contributed by atoms with Crippen LogP contribution in [0.3, 0.4) is 0 Å². The molecule has 2 N–H and O–H groups in total. The van der Waals surface area contributed by atoms with Crippen molar-refractivity contribution >= 4 is 21.6 Å². The van der Waals surface area contributed by atoms with E-state index < -0.39 is 10.0 Å². The third kappa shape index (κ3) is 3.75. The summed E-state index contributed by atoms with van der Waals surface area (Å²) in [6, 6.07) is 9.58. The van der Waals surface area contributed by atoms with E-state index in [4.69, 9.17) is 0 Å². The normalized spacial score (nSPS) is 11.4. The van der Waals surface area contributed by atoms with Gasteiger partial charge in [-0.15, -0.1) is 0 Å². The van der Waals surface area contributed by atoms with Crippen molar-refractivity contribution in [1.82, 2.24) is 9.29 Å². The molecule has 0 aliphatic carbocycles. The monoisotopic (exact) mass is 321 g/mol. The van der Waals surface area contributed by atoms with Crippen LogP contribution in [0.2, 0.25) is 0 Å². The number of sulfonamides is 1. The summed E-state index contributed by atoms with van der Waals surface area (Å²) in [6.07, 6.45) is 2.51. The fraction of sp³-hybridized carbons (Fsp3) is 0.267. The van der Waals surface area contributed by atoms with E-state index in [1.165, 1.54) is 12.1 Å². The van der Waals surface area contributed by atoms with Crippen LogP contribution in [0.4, 0.5) is 5.69 Å². The predicted molar refractivity (Wildman–Crippen MR) is 85.3 cm³/mol. The summed E-state index contributed by atoms with van der Waals surface area (Å²) in [5.41, 5.74) is 1.07. The summed E-state index contributed by atoms with van der Waals surface area (Å²) in [5.74, 6) is -0.243. The predicted octanol–water partition coefficient (Wildman–Crippen LogP) is 1.97. The molecule has 1 aromatic heterocycles. The van der Waals surface area contributed by atoms with E-state index in [9.17, 15) is 13.2 Å². The second-order valence-corrected chi connectivity index (χ2v) is 6.65. The number of aryl methyl sites for hydroxylation is 1. The lowest BCUT2D eigenvalue weighted by Crippen LogP contribution is -2.24. The zero-order valence-corrected chi connectivity index (χ0v) is 13.4. The molecule has 0 aliphatic heterocycles. The molecule has 1 amide bonds. The number of aromatic nitrogens is 1. The molecule has 2 rings (SSSR count). The Balaban J connectivity index is 2.09. The molecule has 1 aromatic carbocycles. The lowest BCUT2D eigenvalue weighted by atomic mass is 10.3. The molecule has 0 unspecified atom stereocenters. The van der Waals surface area contributed by atoms with Gasteiger partial charge < -0.3 is 9.88 Å². The molecule has 0 spiro atoms. The molecule has 0 atom stereocenters. The van der Waals surface area contributed by atoms with Crippen molar-refractivity contribution in [3.8, 4) is 0 Å². The fourth-order valence-corrected chi connectivity index (χ4v) is 3.06. The molecule has 2 aromatic rings. The second-order valence-electron chi connectivity index (χ2n) is 4.88. The second kappa shape index (κ2) is 6.76. The summed E-state index contributed by atoms with van der Waals surface area (Å²) in [7, 11) is -1.70. The first kappa shape index (κ1) is 16.3. The molecule has 6 nitrogen and oxygen atoms in total. The van der Waals surface area contributed by atoms with Gasteiger partial charge in [-0.2, -0.15) is 0 Å². The summed E-state index contributed by atoms with van der Waals surface area (Å²) in [6.45, 7) is 2.29. The molecule has 0 bridgehead atoms. The Morgan fingerprint density at radius 3 is 2.41 bits per heavy atom. The molecule has 118 valence electrons. The van der Waals surface area contributed by atoms with E-state index in [0.29, 0.717) is 17.9 Å². The zero-order chi connectivity index (χ0) is 16.2. The van der Waals surface area contributed by atoms with Crippen LogP contribution in [0.15, 0.2) is 47.5 Å². The first-order chi connectivity index (χ1) is 10.4. The molecular formula is C15H19N3O3S. The smallest absolute Gasteiger partial charge is 0.272 e. The van der Waals surface area contributed by atoms with Crippen molar-refractivity contribution in [2.75, 3.05) is 11.9 Å². The van der Waals surface area contributed by atoms with Gasteiger partial charge in [0.15, 0.2) is 0 Å². The van der Waals surface area contributed by atoms with Gasteiger partial charge in [0.2, 0.25) is 10.0 Å². The number of carbonyl (C=O) groups is 1. The summed E-state index contributed by atoms with van der Waals surface area (Å²) < 4.78 is 28.1. The Hall–Kier alpha value is -2.12. The molecule has 0 saturated carbocycles. The maximum Gasteiger partial charge on any atom is 0.272 e. The lowest BCUT2D eigenvalue weighted by molar-refractivity contribution is 0.101. The van der Waals surface area contributed by atoms with E-state index >= 15 is 0 Å². The average Bonchev–Trinajstić information content (AvgIpc) is 2.92. The maximum atomic E-state index is 12.1. The van der Waals surface area contributed by atoms with Crippen LogP contribution in [0, 0.1) is 0 Å². The van der Waals surface area contributed by atoms with E-state index in [2.05, 4.69) is 10.0 Å². The highest BCUT2D eigenvalue weighted by molar-refractivity contribution is 7.89. The third-order valence-electron chi connectivity index (χ3n) is 3.14. The summed E-state index contributed by atoms with van der Waals surface area (Å²) >= 11 is 0. The van der Waals surface area contributed by atoms with Gasteiger partial charge in [-0.3, -0.25) is 4.79 Å². The number of hydrogen-bond acceptors (Lipinski definition) is 3. The first-order valence-corrected chi connectivity index (χ1v) is 8.45. The number of hydrogen-bond donors (Lipinski definition) is 2. The van der Waals surface area contributed by atoms with Crippen molar-refractivity contribution in [2.45, 2.75) is 18.2 Å². The molecule has 0 aliphatic rings. The lowest BCUT2D eigenvalue weighted by Gasteiger charge is -2.08. The molecule has 1 heterocycles. The number of nitrogens with one attached hydrogen (secondary N) is 2. The number of anilines is 1. The van der Waals surface area contributed by atoms with E-state index in [1.807, 2.05) is 6.92 Å². The summed E-state index contributed by atoms with van der Waals surface area (Å²) in [4.78, 5) is 12.2. The van der Waals surface area contributed by atoms with Crippen LogP contribution in [0.5, 0.6) is 0 Å². The van der Waals surface area contributed by atoms with Crippen molar-refractivity contribution < 1.29 is 13.2 Å². The van der Waals surface area contributed by atoms with Crippen LogP contribution in [0.1, 0.15) is 23.8 Å². The molecule has 0 radical (unpaired) electrons. The van der Waals surface area contributed by atoms with Crippen LogP contribution in [-0.2, 0) is 17.1 Å². The quantitative estimate of drug-likeness (QED) is 0.853. The van der Waals surface area contributed by atoms with Gasteiger partial charge in [0.05, 0.1) is 4.90 Å². The Morgan fingerprint density at radius 1 is 1.18 bits per heavy atom. The van der Waals surface area contributed by atoms with Gasteiger partial charge in [-0.05, 0) is 42.8 Å². The standard InChI is InChI=1S/C15H19N3O3S/c1-3-10-16-22(20,21)13-8-6-12(7-9-13)17-15(19)14-5-4-11-18(14)2/h4-9,11,16H,3,10H2,1-2H3,(H,17,19). The Labute approximate surface area is 130 Å². The molecular weight excluding hydrogens is 302 g/mol. The average molecular weight is 321 g/mol. The highest BCUT2D eigenvalue weighted by Gasteiger charge is 2.13. The Kier molecular flexibility index (Phi) is 4.99. The van der Waals surface area contributed by atoms with Gasteiger partial charge in [-0.1, -0.05) is 6.92 Å². The zero-order valence-electron chi connectivity index (χ0n) is 12.5. The molecule has 0 fully saturated rings. The highest BCUT2D eigenvalue weighted by atomic mass is 32.2. The van der Waals surface area contributed by atoms with Gasteiger partial charge in [-0.25, -0.2) is 13.1 Å². The van der Waals surface area contributed by atoms with E-state index in [-0.39, 0.29) is 10.8 Å². The minimum atomic E-state index is -3.48. The van der Waals surface area contributed by atoms with Gasteiger partial charge >= 0.3 is 0 Å². The van der Waals surface area contributed by atoms with E-state index in [1.54, 1.807) is 42.1 Å². The van der Waals surface area contributed by atoms with Gasteiger partial charge in [0.1, 0.15) is 5.69 Å². The van der Waals surface area contributed by atoms with Crippen molar-refractivity contribution in [2.24, 2.45) is 7.05 Å². The minimum absolute atomic E-state index is 0.179. The number of nitrogens with zero attached hydrogens (tertiary/aromatic N) is 1. The number of benzene rings is 1. The first-order valence-electron chi connectivity index (χ1n) is 6.96. The summed E-state index contributed by atoms with van der Waals surface area (Å²) in [5, 5.41) is 2.73. The SMILES string of the molecule is CCCNS(=O)(=O)c1ccc(NC(=O)c2cccn2C)cc1. The van der Waals surface area contributed by atoms with Crippen molar-refractivity contribution in [3.63, 3.8) is 0 Å². The third-order valence-corrected chi connectivity index (χ3v) is 4.62. The van der Waals surface area contributed by atoms with Gasteiger partial charge in [0.25, 0.3) is 5.91 Å². The largest absolute Gasteiger partial charge is 0.347 e. The Morgan fingerprint density at radius 2 is 1.86 bits per heavy atom. The van der Waals surface area contributed by atoms with Crippen LogP contribution in [0.25, 0.3) is 0 Å². The van der Waals surface area contributed by atoms with Crippen LogP contribution in [-0.4, -0.2) is 25.4 Å². The maximum absolute atomic E-state index is 12.1. The molecule has 0 saturated heterocycles. The Bertz CT molecular complexity index is 749. The van der Waals surface area contributed by atoms with Crippen LogP contribution < -0.4 is 10.0 Å². The highest BCUT2D eigenvalue weighted by Crippen LogP contribution is 2.15. The van der Waals surface area contributed by atoms with Gasteiger partial charge in [0, 0.05) is 25.5 Å². The number of amides is 1. The topological polar surface area (TPSA) is 80.2 Å². The van der Waals surface area contributed by atoms with E-state index in [0.717, 1.165) is 6.42 Å². The number of carbonyl (C=O) groups excluding carboxylic acids is 1. The fourth-order valence-electron chi connectivity index (χ4n) is 1.93. The molecule has 7 heteroatoms.